The summed E-state index contributed by atoms with van der Waals surface area (Å²) in [6.45, 7) is 5.35. The second-order valence-electron chi connectivity index (χ2n) is 8.22. The molecular formula is C24H26N2O6. The topological polar surface area (TPSA) is 94.5 Å². The van der Waals surface area contributed by atoms with Gasteiger partial charge in [-0.2, -0.15) is 10.1 Å². The van der Waals surface area contributed by atoms with Crippen LogP contribution in [0.5, 0.6) is 11.5 Å². The highest BCUT2D eigenvalue weighted by molar-refractivity contribution is 6.06. The van der Waals surface area contributed by atoms with Gasteiger partial charge in [0.05, 0.1) is 32.3 Å². The van der Waals surface area contributed by atoms with Crippen molar-refractivity contribution in [3.05, 3.63) is 48.1 Å². The Morgan fingerprint density at radius 2 is 1.88 bits per heavy atom. The Morgan fingerprint density at radius 1 is 1.22 bits per heavy atom. The molecule has 8 heteroatoms. The zero-order valence-electron chi connectivity index (χ0n) is 18.3. The van der Waals surface area contributed by atoms with Crippen molar-refractivity contribution in [3.63, 3.8) is 0 Å². The van der Waals surface area contributed by atoms with Gasteiger partial charge in [-0.3, -0.25) is 9.59 Å². The lowest BCUT2D eigenvalue weighted by Gasteiger charge is -2.19. The molecule has 1 saturated carbocycles. The molecule has 32 heavy (non-hydrogen) atoms. The van der Waals surface area contributed by atoms with Crippen molar-refractivity contribution in [2.24, 2.45) is 28.8 Å². The first-order chi connectivity index (χ1) is 15.4. The van der Waals surface area contributed by atoms with Crippen LogP contribution in [0.3, 0.4) is 0 Å². The summed E-state index contributed by atoms with van der Waals surface area (Å²) in [7, 11) is 2.78. The molecule has 1 aliphatic heterocycles. The van der Waals surface area contributed by atoms with Crippen LogP contribution in [0.2, 0.25) is 0 Å². The third kappa shape index (κ3) is 3.59. The summed E-state index contributed by atoms with van der Waals surface area (Å²) >= 11 is 0. The largest absolute Gasteiger partial charge is 0.493 e. The van der Waals surface area contributed by atoms with Gasteiger partial charge in [0.2, 0.25) is 0 Å². The Balaban J connectivity index is 1.60. The molecule has 0 unspecified atom stereocenters. The van der Waals surface area contributed by atoms with E-state index in [-0.39, 0.29) is 35.5 Å². The van der Waals surface area contributed by atoms with E-state index >= 15 is 0 Å². The van der Waals surface area contributed by atoms with Gasteiger partial charge in [-0.05, 0) is 49.3 Å². The Hall–Kier alpha value is -3.42. The molecule has 8 nitrogen and oxygen atoms in total. The van der Waals surface area contributed by atoms with Crippen LogP contribution in [-0.4, -0.2) is 49.3 Å². The Morgan fingerprint density at radius 3 is 2.44 bits per heavy atom. The van der Waals surface area contributed by atoms with Gasteiger partial charge in [0.15, 0.2) is 17.6 Å². The van der Waals surface area contributed by atoms with Crippen LogP contribution in [0.25, 0.3) is 0 Å². The molecule has 2 bridgehead atoms. The van der Waals surface area contributed by atoms with E-state index in [9.17, 15) is 14.4 Å². The zero-order valence-corrected chi connectivity index (χ0v) is 18.3. The maximum atomic E-state index is 12.8. The maximum absolute atomic E-state index is 12.8. The van der Waals surface area contributed by atoms with Gasteiger partial charge in [0.1, 0.15) is 0 Å². The first kappa shape index (κ1) is 21.8. The smallest absolute Gasteiger partial charge is 0.346 e. The molecule has 0 radical (unpaired) electrons. The van der Waals surface area contributed by atoms with Crippen LogP contribution < -0.4 is 9.47 Å². The van der Waals surface area contributed by atoms with E-state index in [0.29, 0.717) is 23.5 Å². The lowest BCUT2D eigenvalue weighted by molar-refractivity contribution is -0.148. The molecule has 3 aliphatic rings. The summed E-state index contributed by atoms with van der Waals surface area (Å²) in [5.74, 6) is -0.526. The summed E-state index contributed by atoms with van der Waals surface area (Å²) in [5.41, 5.74) is 1.34. The first-order valence-electron chi connectivity index (χ1n) is 10.6. The number of benzene rings is 1. The van der Waals surface area contributed by atoms with Gasteiger partial charge in [-0.25, -0.2) is 4.79 Å². The molecule has 0 spiro atoms. The first-order valence-corrected chi connectivity index (χ1v) is 10.6. The number of allylic oxidation sites excluding steroid dienone is 3. The van der Waals surface area contributed by atoms with Gasteiger partial charge >= 0.3 is 5.97 Å². The molecule has 1 aromatic rings. The molecule has 5 atom stereocenters. The van der Waals surface area contributed by atoms with Crippen LogP contribution in [0.1, 0.15) is 24.5 Å². The average Bonchev–Trinajstić information content (AvgIpc) is 3.47. The minimum Gasteiger partial charge on any atom is -0.493 e. The van der Waals surface area contributed by atoms with Crippen molar-refractivity contribution in [2.75, 3.05) is 14.2 Å². The summed E-state index contributed by atoms with van der Waals surface area (Å²) in [5, 5.41) is 5.23. The molecule has 4 rings (SSSR count). The number of imide groups is 1. The lowest BCUT2D eigenvalue weighted by atomic mass is 9.85. The predicted molar refractivity (Wildman–Crippen MR) is 116 cm³/mol. The monoisotopic (exact) mass is 438 g/mol. The van der Waals surface area contributed by atoms with E-state index in [1.807, 2.05) is 12.2 Å². The van der Waals surface area contributed by atoms with E-state index in [4.69, 9.17) is 14.2 Å². The van der Waals surface area contributed by atoms with Gasteiger partial charge < -0.3 is 14.2 Å². The minimum absolute atomic E-state index is 0.133. The second-order valence-corrected chi connectivity index (χ2v) is 8.22. The van der Waals surface area contributed by atoms with E-state index in [1.54, 1.807) is 25.1 Å². The summed E-state index contributed by atoms with van der Waals surface area (Å²) < 4.78 is 16.0. The Kier molecular flexibility index (Phi) is 5.86. The number of methoxy groups -OCH3 is 2. The van der Waals surface area contributed by atoms with Gasteiger partial charge in [-0.1, -0.05) is 18.2 Å². The third-order valence-electron chi connectivity index (χ3n) is 6.34. The van der Waals surface area contributed by atoms with Gasteiger partial charge in [0.25, 0.3) is 11.8 Å². The third-order valence-corrected chi connectivity index (χ3v) is 6.34. The highest BCUT2D eigenvalue weighted by atomic mass is 16.6. The summed E-state index contributed by atoms with van der Waals surface area (Å²) in [4.78, 5) is 37.4. The van der Waals surface area contributed by atoms with Gasteiger partial charge in [-0.15, -0.1) is 6.58 Å². The van der Waals surface area contributed by atoms with Crippen LogP contribution in [0, 0.1) is 23.7 Å². The number of amides is 2. The number of carbonyl (C=O) groups is 3. The van der Waals surface area contributed by atoms with Crippen molar-refractivity contribution in [1.29, 1.82) is 0 Å². The van der Waals surface area contributed by atoms with Crippen molar-refractivity contribution < 1.29 is 28.6 Å². The SMILES string of the molecule is C=CCc1cc(C=NN2C(=O)[C@@H]3[C@H](C2=O)[C@H]2C=C[C@H]3C2)cc(OC)c1O[C@H](C)C(=O)OC. The number of carbonyl (C=O) groups excluding carboxylic acids is 3. The fourth-order valence-electron chi connectivity index (χ4n) is 4.87. The number of esters is 1. The highest BCUT2D eigenvalue weighted by Gasteiger charge is 2.59. The average molecular weight is 438 g/mol. The van der Waals surface area contributed by atoms with Crippen molar-refractivity contribution in [1.82, 2.24) is 5.01 Å². The Bertz CT molecular complexity index is 1000. The lowest BCUT2D eigenvalue weighted by Crippen LogP contribution is -2.28. The number of rotatable bonds is 8. The van der Waals surface area contributed by atoms with E-state index in [0.717, 1.165) is 17.0 Å². The number of nitrogens with zero attached hydrogens (tertiary/aromatic N) is 2. The van der Waals surface area contributed by atoms with E-state index in [1.165, 1.54) is 20.4 Å². The maximum Gasteiger partial charge on any atom is 0.346 e. The molecule has 2 fully saturated rings. The standard InChI is InChI=1S/C24H26N2O6/c1-5-6-17-9-14(10-18(30-3)21(17)32-13(2)24(29)31-4)12-25-26-22(27)19-15-7-8-16(11-15)20(19)23(26)28/h5,7-10,12-13,15-16,19-20H,1,6,11H2,2-4H3/t13-,15+,16+,19-,20+/m1/s1. The Labute approximate surface area is 186 Å². The molecule has 2 aliphatic carbocycles. The summed E-state index contributed by atoms with van der Waals surface area (Å²) in [6, 6.07) is 3.47. The van der Waals surface area contributed by atoms with Crippen molar-refractivity contribution in [2.45, 2.75) is 25.9 Å². The molecule has 0 N–H and O–H groups in total. The van der Waals surface area contributed by atoms with Crippen LogP contribution in [0.4, 0.5) is 0 Å². The molecule has 0 aromatic heterocycles. The van der Waals surface area contributed by atoms with Gasteiger partial charge in [0, 0.05) is 5.56 Å². The fraction of sp³-hybridized carbons (Fsp3) is 0.417. The van der Waals surface area contributed by atoms with Crippen LogP contribution in [0.15, 0.2) is 42.0 Å². The number of hydrogen-bond acceptors (Lipinski definition) is 7. The van der Waals surface area contributed by atoms with E-state index < -0.39 is 12.1 Å². The fourth-order valence-corrected chi connectivity index (χ4v) is 4.87. The number of hydrazone groups is 1. The minimum atomic E-state index is -0.833. The number of ether oxygens (including phenoxy) is 3. The molecule has 1 saturated heterocycles. The molecule has 2 amide bonds. The normalized spacial score (nSPS) is 26.5. The zero-order chi connectivity index (χ0) is 23.0. The number of hydrogen-bond donors (Lipinski definition) is 0. The predicted octanol–water partition coefficient (Wildman–Crippen LogP) is 2.51. The quantitative estimate of drug-likeness (QED) is 0.268. The molecule has 168 valence electrons. The summed E-state index contributed by atoms with van der Waals surface area (Å²) in [6.07, 6.45) is 7.74. The van der Waals surface area contributed by atoms with E-state index in [2.05, 4.69) is 11.7 Å². The van der Waals surface area contributed by atoms with Crippen molar-refractivity contribution in [3.8, 4) is 11.5 Å². The highest BCUT2D eigenvalue weighted by Crippen LogP contribution is 2.52. The molecule has 1 aromatic carbocycles. The molecule has 1 heterocycles. The van der Waals surface area contributed by atoms with Crippen LogP contribution in [-0.2, 0) is 25.5 Å². The van der Waals surface area contributed by atoms with Crippen molar-refractivity contribution >= 4 is 24.0 Å². The molecular weight excluding hydrogens is 412 g/mol. The second kappa shape index (κ2) is 8.61. The van der Waals surface area contributed by atoms with Crippen LogP contribution >= 0.6 is 0 Å². The number of fused-ring (bicyclic) bond motifs is 5.